The molecule has 7 nitrogen and oxygen atoms in total. The van der Waals surface area contributed by atoms with Crippen LogP contribution >= 0.6 is 24.0 Å². The van der Waals surface area contributed by atoms with Crippen molar-refractivity contribution in [3.05, 3.63) is 100 Å². The van der Waals surface area contributed by atoms with Gasteiger partial charge in [0.15, 0.2) is 0 Å². The zero-order valence-corrected chi connectivity index (χ0v) is 23.0. The maximum atomic E-state index is 12.8. The van der Waals surface area contributed by atoms with Crippen molar-refractivity contribution in [3.63, 3.8) is 0 Å². The highest BCUT2D eigenvalue weighted by molar-refractivity contribution is 8.26. The maximum absolute atomic E-state index is 12.8. The van der Waals surface area contributed by atoms with Crippen LogP contribution in [0.15, 0.2) is 83.8 Å². The summed E-state index contributed by atoms with van der Waals surface area (Å²) in [4.78, 5) is 30.3. The number of carboxylic acid groups (broad SMARTS) is 1. The maximum Gasteiger partial charge on any atom is 0.323 e. The van der Waals surface area contributed by atoms with Crippen molar-refractivity contribution in [1.29, 1.82) is 0 Å². The molecule has 1 N–H and O–H groups in total. The molecule has 0 aliphatic carbocycles. The molecule has 0 aromatic heterocycles. The van der Waals surface area contributed by atoms with E-state index in [1.165, 1.54) is 5.69 Å². The minimum atomic E-state index is -1.10. The number of aliphatic carboxylic acids is 1. The lowest BCUT2D eigenvalue weighted by Crippen LogP contribution is -2.46. The highest BCUT2D eigenvalue weighted by Crippen LogP contribution is 2.33. The molecule has 0 radical (unpaired) electrons. The van der Waals surface area contributed by atoms with Crippen LogP contribution in [-0.4, -0.2) is 63.8 Å². The number of rotatable bonds is 9. The Balaban J connectivity index is 1.34. The number of amides is 1. The molecule has 2 heterocycles. The molecule has 3 aromatic carbocycles. The summed E-state index contributed by atoms with van der Waals surface area (Å²) in [6.45, 7) is 4.47. The fraction of sp³-hybridized carbons (Fsp3) is 0.233. The minimum absolute atomic E-state index is 0.257. The number of thiocarbonyl (C=S) groups is 1. The number of benzene rings is 3. The number of thioether (sulfide) groups is 1. The number of hydrogen-bond acceptors (Lipinski definition) is 7. The van der Waals surface area contributed by atoms with Gasteiger partial charge in [-0.2, -0.15) is 0 Å². The fourth-order valence-electron chi connectivity index (χ4n) is 4.66. The van der Waals surface area contributed by atoms with Gasteiger partial charge in [-0.3, -0.25) is 19.4 Å². The number of piperazine rings is 1. The van der Waals surface area contributed by atoms with Crippen molar-refractivity contribution >= 4 is 51.9 Å². The van der Waals surface area contributed by atoms with E-state index in [1.807, 2.05) is 54.6 Å². The summed E-state index contributed by atoms with van der Waals surface area (Å²) in [6, 6.07) is 26.4. The number of ether oxygens (including phenoxy) is 1. The molecule has 200 valence electrons. The van der Waals surface area contributed by atoms with Crippen molar-refractivity contribution in [2.75, 3.05) is 37.6 Å². The minimum Gasteiger partial charge on any atom is -0.489 e. The molecule has 2 fully saturated rings. The smallest absolute Gasteiger partial charge is 0.323 e. The summed E-state index contributed by atoms with van der Waals surface area (Å²) in [5.41, 5.74) is 4.21. The van der Waals surface area contributed by atoms with E-state index in [0.29, 0.717) is 18.1 Å². The number of hydrogen-bond donors (Lipinski definition) is 1. The van der Waals surface area contributed by atoms with Crippen molar-refractivity contribution in [3.8, 4) is 5.75 Å². The number of carbonyl (C=O) groups excluding carboxylic acids is 1. The zero-order valence-electron chi connectivity index (χ0n) is 21.4. The van der Waals surface area contributed by atoms with E-state index in [-0.39, 0.29) is 10.2 Å². The lowest BCUT2D eigenvalue weighted by atomic mass is 10.1. The predicted molar refractivity (Wildman–Crippen MR) is 159 cm³/mol. The van der Waals surface area contributed by atoms with Crippen LogP contribution in [0.2, 0.25) is 0 Å². The molecule has 2 aliphatic heterocycles. The van der Waals surface area contributed by atoms with Crippen LogP contribution in [0.1, 0.15) is 16.7 Å². The Labute approximate surface area is 237 Å². The first-order chi connectivity index (χ1) is 19.0. The topological polar surface area (TPSA) is 73.3 Å². The van der Waals surface area contributed by atoms with Gasteiger partial charge in [-0.25, -0.2) is 0 Å². The van der Waals surface area contributed by atoms with Gasteiger partial charge >= 0.3 is 5.97 Å². The number of anilines is 1. The van der Waals surface area contributed by atoms with Gasteiger partial charge in [0.05, 0.1) is 4.91 Å². The van der Waals surface area contributed by atoms with Crippen molar-refractivity contribution in [1.82, 2.24) is 9.80 Å². The average molecular weight is 560 g/mol. The number of nitrogens with zero attached hydrogens (tertiary/aromatic N) is 3. The molecular formula is C30H29N3O4S2. The normalized spacial score (nSPS) is 17.2. The Kier molecular flexibility index (Phi) is 8.61. The highest BCUT2D eigenvalue weighted by atomic mass is 32.2. The standard InChI is InChI=1S/C30H29N3O4S2/c34-28(35)20-33-29(36)27(39-30(33)38)18-23-11-12-26(37-21-22-7-3-1-4-8-22)24(17-23)19-31-13-15-32(16-14-31)25-9-5-2-6-10-25/h1-12,17-18H,13-16,19-21H2,(H,34,35). The summed E-state index contributed by atoms with van der Waals surface area (Å²) < 4.78 is 6.51. The fourth-order valence-corrected chi connectivity index (χ4v) is 5.91. The van der Waals surface area contributed by atoms with Crippen molar-refractivity contribution < 1.29 is 19.4 Å². The third kappa shape index (κ3) is 6.86. The Bertz CT molecular complexity index is 1370. The third-order valence-corrected chi connectivity index (χ3v) is 8.05. The zero-order chi connectivity index (χ0) is 27.2. The number of para-hydroxylation sites is 1. The van der Waals surface area contributed by atoms with Crippen LogP contribution in [-0.2, 0) is 22.7 Å². The monoisotopic (exact) mass is 559 g/mol. The Morgan fingerprint density at radius 3 is 2.36 bits per heavy atom. The van der Waals surface area contributed by atoms with Gasteiger partial charge in [0.1, 0.15) is 23.2 Å². The lowest BCUT2D eigenvalue weighted by Gasteiger charge is -2.36. The van der Waals surface area contributed by atoms with Crippen LogP contribution in [0.4, 0.5) is 5.69 Å². The van der Waals surface area contributed by atoms with Crippen LogP contribution in [0, 0.1) is 0 Å². The summed E-state index contributed by atoms with van der Waals surface area (Å²) >= 11 is 6.37. The summed E-state index contributed by atoms with van der Waals surface area (Å²) in [6.07, 6.45) is 1.78. The molecule has 5 rings (SSSR count). The largest absolute Gasteiger partial charge is 0.489 e. The highest BCUT2D eigenvalue weighted by Gasteiger charge is 2.33. The van der Waals surface area contributed by atoms with E-state index in [1.54, 1.807) is 6.08 Å². The second kappa shape index (κ2) is 12.5. The number of carboxylic acids is 1. The average Bonchev–Trinajstić information content (AvgIpc) is 3.21. The summed E-state index contributed by atoms with van der Waals surface area (Å²) in [5.74, 6) is -0.669. The van der Waals surface area contributed by atoms with E-state index in [9.17, 15) is 9.59 Å². The molecule has 0 unspecified atom stereocenters. The van der Waals surface area contributed by atoms with Crippen LogP contribution in [0.5, 0.6) is 5.75 Å². The van der Waals surface area contributed by atoms with Gasteiger partial charge < -0.3 is 14.7 Å². The van der Waals surface area contributed by atoms with Crippen LogP contribution in [0.25, 0.3) is 6.08 Å². The molecule has 39 heavy (non-hydrogen) atoms. The second-order valence-electron chi connectivity index (χ2n) is 9.40. The lowest BCUT2D eigenvalue weighted by molar-refractivity contribution is -0.140. The quantitative estimate of drug-likeness (QED) is 0.294. The van der Waals surface area contributed by atoms with Gasteiger partial charge in [-0.1, -0.05) is 78.6 Å². The van der Waals surface area contributed by atoms with Crippen molar-refractivity contribution in [2.24, 2.45) is 0 Å². The van der Waals surface area contributed by atoms with Gasteiger partial charge in [-0.05, 0) is 41.5 Å². The molecule has 0 spiro atoms. The van der Waals surface area contributed by atoms with E-state index in [0.717, 1.165) is 65.3 Å². The Morgan fingerprint density at radius 1 is 0.974 bits per heavy atom. The van der Waals surface area contributed by atoms with Crippen molar-refractivity contribution in [2.45, 2.75) is 13.2 Å². The van der Waals surface area contributed by atoms with E-state index < -0.39 is 12.5 Å². The Morgan fingerprint density at radius 2 is 1.67 bits per heavy atom. The van der Waals surface area contributed by atoms with E-state index >= 15 is 0 Å². The molecule has 3 aromatic rings. The van der Waals surface area contributed by atoms with Gasteiger partial charge in [0, 0.05) is 44.0 Å². The van der Waals surface area contributed by atoms with Gasteiger partial charge in [0.2, 0.25) is 0 Å². The second-order valence-corrected chi connectivity index (χ2v) is 11.1. The SMILES string of the molecule is O=C(O)CN1C(=O)C(=Cc2ccc(OCc3ccccc3)c(CN3CCN(c4ccccc4)CC3)c2)SC1=S. The predicted octanol–water partition coefficient (Wildman–Crippen LogP) is 4.87. The first-order valence-corrected chi connectivity index (χ1v) is 14.0. The first-order valence-electron chi connectivity index (χ1n) is 12.8. The number of carbonyl (C=O) groups is 2. The Hall–Kier alpha value is -3.66. The molecular weight excluding hydrogens is 530 g/mol. The molecule has 1 amide bonds. The van der Waals surface area contributed by atoms with Crippen LogP contribution < -0.4 is 9.64 Å². The van der Waals surface area contributed by atoms with Crippen LogP contribution in [0.3, 0.4) is 0 Å². The molecule has 0 atom stereocenters. The van der Waals surface area contributed by atoms with Gasteiger partial charge in [0.25, 0.3) is 5.91 Å². The van der Waals surface area contributed by atoms with Gasteiger partial charge in [-0.15, -0.1) is 0 Å². The van der Waals surface area contributed by atoms with E-state index in [2.05, 4.69) is 34.1 Å². The summed E-state index contributed by atoms with van der Waals surface area (Å²) in [5, 5.41) is 9.12. The molecule has 0 saturated carbocycles. The van der Waals surface area contributed by atoms with E-state index in [4.69, 9.17) is 22.1 Å². The third-order valence-electron chi connectivity index (χ3n) is 6.67. The molecule has 2 saturated heterocycles. The molecule has 0 bridgehead atoms. The molecule has 9 heteroatoms. The summed E-state index contributed by atoms with van der Waals surface area (Å²) in [7, 11) is 0. The molecule has 2 aliphatic rings. The first kappa shape index (κ1) is 26.9.